The molecule has 2 amide bonds. The van der Waals surface area contributed by atoms with Crippen LogP contribution >= 0.6 is 47.5 Å². The molecule has 3 aliphatic heterocycles. The topological polar surface area (TPSA) is 143 Å². The summed E-state index contributed by atoms with van der Waals surface area (Å²) in [6, 6.07) is 3.01. The molecule has 4 N–H and O–H groups in total. The molecule has 2 aromatic heterocycles. The molecule has 5 heterocycles. The molecule has 0 saturated carbocycles. The molecule has 1 unspecified atom stereocenters. The molecule has 11 nitrogen and oxygen atoms in total. The quantitative estimate of drug-likeness (QED) is 0.123. The van der Waals surface area contributed by atoms with Crippen LogP contribution in [0.2, 0.25) is 0 Å². The van der Waals surface area contributed by atoms with Crippen LogP contribution in [-0.4, -0.2) is 61.8 Å². The molecule has 0 spiro atoms. The van der Waals surface area contributed by atoms with Gasteiger partial charge in [-0.15, -0.1) is 23.1 Å². The number of oxime groups is 1. The maximum Gasteiger partial charge on any atom is 0.274 e. The molecule has 0 radical (unpaired) electrons. The highest BCUT2D eigenvalue weighted by Gasteiger charge is 2.55. The van der Waals surface area contributed by atoms with E-state index in [-0.39, 0.29) is 11.4 Å². The summed E-state index contributed by atoms with van der Waals surface area (Å²) >= 11 is 8.03. The van der Waals surface area contributed by atoms with E-state index in [4.69, 9.17) is 15.6 Å². The zero-order chi connectivity index (χ0) is 26.3. The van der Waals surface area contributed by atoms with Gasteiger partial charge in [0.1, 0.15) is 36.3 Å². The van der Waals surface area contributed by atoms with Crippen LogP contribution in [0.3, 0.4) is 0 Å². The number of hydrogen-bond donors (Lipinski definition) is 4. The number of carbonyl (C=O) groups is 3. The first kappa shape index (κ1) is 25.8. The van der Waals surface area contributed by atoms with Crippen LogP contribution in [-0.2, 0) is 26.3 Å². The fourth-order valence-corrected chi connectivity index (χ4v) is 7.39. The van der Waals surface area contributed by atoms with Crippen LogP contribution in [0.5, 0.6) is 0 Å². The number of pyridine rings is 1. The first-order chi connectivity index (χ1) is 17.7. The lowest BCUT2D eigenvalue weighted by Gasteiger charge is -2.49. The number of amides is 2. The number of carbonyl (C=O) groups excluding carboxylic acids is 3. The second-order valence-corrected chi connectivity index (χ2v) is 11.7. The zero-order valence-corrected chi connectivity index (χ0v) is 22.9. The Morgan fingerprint density at radius 3 is 2.95 bits per heavy atom. The van der Waals surface area contributed by atoms with E-state index in [9.17, 15) is 14.4 Å². The van der Waals surface area contributed by atoms with E-state index in [0.717, 1.165) is 23.0 Å². The second kappa shape index (κ2) is 10.1. The van der Waals surface area contributed by atoms with Gasteiger partial charge in [0.25, 0.3) is 11.8 Å². The predicted molar refractivity (Wildman–Crippen MR) is 146 cm³/mol. The van der Waals surface area contributed by atoms with Gasteiger partial charge in [-0.3, -0.25) is 25.0 Å². The van der Waals surface area contributed by atoms with Crippen molar-refractivity contribution in [3.63, 3.8) is 0 Å². The summed E-state index contributed by atoms with van der Waals surface area (Å²) in [4.78, 5) is 48.4. The fraction of sp³-hybridized carbons (Fsp3) is 0.273. The van der Waals surface area contributed by atoms with E-state index in [0.29, 0.717) is 16.3 Å². The Morgan fingerprint density at radius 1 is 1.46 bits per heavy atom. The van der Waals surface area contributed by atoms with Crippen molar-refractivity contribution in [3.8, 4) is 11.3 Å². The molecule has 3 atom stereocenters. The van der Waals surface area contributed by atoms with Crippen molar-refractivity contribution in [1.29, 1.82) is 0 Å². The van der Waals surface area contributed by atoms with E-state index >= 15 is 0 Å². The van der Waals surface area contributed by atoms with Gasteiger partial charge in [-0.2, -0.15) is 0 Å². The molecule has 192 valence electrons. The molecule has 15 heteroatoms. The van der Waals surface area contributed by atoms with E-state index in [1.807, 2.05) is 41.5 Å². The second-order valence-electron chi connectivity index (χ2n) is 8.21. The standard InChI is InChI=1S/C22H21N7O4S4/c1-28-6-3-4-11(8-28)13-10-35-18(25-13)12-9-36-20-14(19(31)29(20)15(12)21(32)34)26-17(30)16(27-33-2)22(23)24-5-7-37-22/h3-8,10,14,20,24H,9,23H2,1-2H3,(H-,26,30,32,34)/p+1/t14-,20-,22?/m1/s1. The molecule has 1 fully saturated rings. The zero-order valence-electron chi connectivity index (χ0n) is 19.6. The van der Waals surface area contributed by atoms with Gasteiger partial charge in [0, 0.05) is 29.0 Å². The maximum absolute atomic E-state index is 13.2. The lowest BCUT2D eigenvalue weighted by molar-refractivity contribution is -0.671. The van der Waals surface area contributed by atoms with Gasteiger partial charge in [0.05, 0.1) is 11.3 Å². The summed E-state index contributed by atoms with van der Waals surface area (Å²) in [6.07, 6.45) is 5.48. The highest BCUT2D eigenvalue weighted by Crippen LogP contribution is 2.44. The lowest BCUT2D eigenvalue weighted by Crippen LogP contribution is -2.72. The minimum atomic E-state index is -1.33. The van der Waals surface area contributed by atoms with Gasteiger partial charge in [-0.25, -0.2) is 9.55 Å². The summed E-state index contributed by atoms with van der Waals surface area (Å²) in [7, 11) is 3.23. The smallest absolute Gasteiger partial charge is 0.274 e. The summed E-state index contributed by atoms with van der Waals surface area (Å²) in [5, 5.41) is 12.6. The van der Waals surface area contributed by atoms with E-state index in [2.05, 4.69) is 28.4 Å². The first-order valence-electron chi connectivity index (χ1n) is 10.9. The number of thioether (sulfide) groups is 2. The van der Waals surface area contributed by atoms with Gasteiger partial charge in [0.15, 0.2) is 23.1 Å². The van der Waals surface area contributed by atoms with Crippen LogP contribution in [0, 0.1) is 0 Å². The average molecular weight is 577 g/mol. The highest BCUT2D eigenvalue weighted by atomic mass is 32.2. The highest BCUT2D eigenvalue weighted by molar-refractivity contribution is 8.04. The minimum Gasteiger partial charge on any atom is -0.399 e. The largest absolute Gasteiger partial charge is 0.399 e. The van der Waals surface area contributed by atoms with Gasteiger partial charge < -0.3 is 15.5 Å². The van der Waals surface area contributed by atoms with Crippen LogP contribution in [0.15, 0.2) is 52.4 Å². The minimum absolute atomic E-state index is 0.122. The van der Waals surface area contributed by atoms with Crippen molar-refractivity contribution in [3.05, 3.63) is 52.2 Å². The summed E-state index contributed by atoms with van der Waals surface area (Å²) in [6.45, 7) is 0. The molecule has 3 aliphatic rings. The number of rotatable bonds is 7. The maximum atomic E-state index is 13.2. The Balaban J connectivity index is 1.38. The van der Waals surface area contributed by atoms with E-state index < -0.39 is 33.3 Å². The summed E-state index contributed by atoms with van der Waals surface area (Å²) in [5.74, 6) is -0.667. The third-order valence-corrected chi connectivity index (χ3v) is 9.17. The Hall–Kier alpha value is -2.85. The van der Waals surface area contributed by atoms with E-state index in [1.165, 1.54) is 35.1 Å². The van der Waals surface area contributed by atoms with Crippen LogP contribution in [0.25, 0.3) is 16.8 Å². The Kier molecular flexibility index (Phi) is 7.06. The molecular formula is C22H22N7O4S4+. The number of nitrogens with one attached hydrogen (secondary N) is 2. The Bertz CT molecular complexity index is 1380. The normalized spacial score (nSPS) is 24.9. The summed E-state index contributed by atoms with van der Waals surface area (Å²) < 4.78 is 1.93. The number of thiol groups is 1. The van der Waals surface area contributed by atoms with Crippen LogP contribution in [0.4, 0.5) is 0 Å². The number of aromatic nitrogens is 2. The van der Waals surface area contributed by atoms with Crippen molar-refractivity contribution < 1.29 is 23.8 Å². The van der Waals surface area contributed by atoms with Gasteiger partial charge in [-0.05, 0) is 11.5 Å². The van der Waals surface area contributed by atoms with Gasteiger partial charge in [0.2, 0.25) is 5.12 Å². The fourth-order valence-electron chi connectivity index (χ4n) is 4.10. The van der Waals surface area contributed by atoms with Crippen LogP contribution < -0.4 is 20.9 Å². The lowest BCUT2D eigenvalue weighted by atomic mass is 10.0. The van der Waals surface area contributed by atoms with Gasteiger partial charge in [-0.1, -0.05) is 29.5 Å². The molecule has 5 rings (SSSR count). The average Bonchev–Trinajstić information content (AvgIpc) is 3.54. The van der Waals surface area contributed by atoms with Crippen molar-refractivity contribution in [2.45, 2.75) is 16.4 Å². The number of nitrogens with two attached hydrogens (primary N) is 1. The third-order valence-electron chi connectivity index (χ3n) is 5.82. The van der Waals surface area contributed by atoms with Crippen molar-refractivity contribution >= 4 is 75.7 Å². The number of nitrogens with zero attached hydrogens (tertiary/aromatic N) is 4. The monoisotopic (exact) mass is 576 g/mol. The molecule has 1 saturated heterocycles. The van der Waals surface area contributed by atoms with Crippen molar-refractivity contribution in [1.82, 2.24) is 20.5 Å². The molecular weight excluding hydrogens is 555 g/mol. The molecule has 0 bridgehead atoms. The Morgan fingerprint density at radius 2 is 2.27 bits per heavy atom. The molecule has 2 aromatic rings. The Labute approximate surface area is 230 Å². The van der Waals surface area contributed by atoms with Crippen LogP contribution in [0.1, 0.15) is 5.01 Å². The number of aryl methyl sites for hydroxylation is 1. The number of fused-ring (bicyclic) bond motifs is 1. The summed E-state index contributed by atoms with van der Waals surface area (Å²) in [5.41, 5.74) is 8.64. The van der Waals surface area contributed by atoms with Gasteiger partial charge >= 0.3 is 0 Å². The van der Waals surface area contributed by atoms with Crippen molar-refractivity contribution in [2.24, 2.45) is 17.9 Å². The third kappa shape index (κ3) is 4.65. The van der Waals surface area contributed by atoms with E-state index in [1.54, 1.807) is 11.6 Å². The molecule has 0 aliphatic carbocycles. The van der Waals surface area contributed by atoms with Crippen molar-refractivity contribution in [2.75, 3.05) is 12.9 Å². The predicted octanol–water partition coefficient (Wildman–Crippen LogP) is 0.624. The SMILES string of the molecule is CON=C(C(=O)N[C@@H]1C(=O)N2C(C(=O)S)=C(c3nc(-c4ccc[n+](C)c4)cs3)CS[C@H]12)C1(N)NC=CS1. The number of β-lactam (4-membered cyclic amide) rings is 1. The molecule has 37 heavy (non-hydrogen) atoms. The molecule has 0 aromatic carbocycles. The number of hydrogen-bond acceptors (Lipinski definition) is 11. The first-order valence-corrected chi connectivity index (χ1v) is 14.1. The number of thiazole rings is 1.